The van der Waals surface area contributed by atoms with Crippen molar-refractivity contribution < 1.29 is 22.7 Å². The molecule has 1 amide bonds. The molecule has 1 aromatic carbocycles. The number of carbonyl (C=O) groups excluding carboxylic acids is 2. The molecule has 2 N–H and O–H groups in total. The zero-order valence-corrected chi connectivity index (χ0v) is 17.6. The van der Waals surface area contributed by atoms with Crippen molar-refractivity contribution in [3.8, 4) is 0 Å². The van der Waals surface area contributed by atoms with Gasteiger partial charge in [0.2, 0.25) is 0 Å². The first-order chi connectivity index (χ1) is 13.0. The number of rotatable bonds is 7. The van der Waals surface area contributed by atoms with Gasteiger partial charge in [0.05, 0.1) is 4.90 Å². The Balaban J connectivity index is 2.15. The predicted octanol–water partition coefficient (Wildman–Crippen LogP) is 1.60. The monoisotopic (exact) mass is 409 g/mol. The molecule has 0 radical (unpaired) electrons. The second-order valence-electron chi connectivity index (χ2n) is 7.66. The molecular weight excluding hydrogens is 382 g/mol. The quantitative estimate of drug-likeness (QED) is 0.664. The SMILES string of the molecule is CCC(C)(C)NC(=O)COC(=O)[C@@H](N=C1NS(=O)(=O)c2ccccc21)C(C)C. The van der Waals surface area contributed by atoms with Gasteiger partial charge in [-0.1, -0.05) is 32.9 Å². The summed E-state index contributed by atoms with van der Waals surface area (Å²) in [7, 11) is -3.70. The molecule has 0 saturated carbocycles. The minimum atomic E-state index is -3.70. The highest BCUT2D eigenvalue weighted by Gasteiger charge is 2.33. The van der Waals surface area contributed by atoms with E-state index >= 15 is 0 Å². The second-order valence-corrected chi connectivity index (χ2v) is 9.31. The predicted molar refractivity (Wildman–Crippen MR) is 105 cm³/mol. The van der Waals surface area contributed by atoms with E-state index < -0.39 is 40.1 Å². The van der Waals surface area contributed by atoms with Crippen molar-refractivity contribution >= 4 is 27.7 Å². The van der Waals surface area contributed by atoms with Crippen LogP contribution in [0, 0.1) is 5.92 Å². The van der Waals surface area contributed by atoms with E-state index in [1.807, 2.05) is 20.8 Å². The van der Waals surface area contributed by atoms with E-state index in [1.54, 1.807) is 32.0 Å². The summed E-state index contributed by atoms with van der Waals surface area (Å²) in [5.74, 6) is -1.24. The molecule has 1 heterocycles. The standard InChI is InChI=1S/C19H27N3O5S/c1-6-19(4,5)21-15(23)11-27-18(24)16(12(2)3)20-17-13-9-7-8-10-14(13)28(25,26)22-17/h7-10,12,16H,6,11H2,1-5H3,(H,20,22)(H,21,23)/t16-/m0/s1. The zero-order valence-electron chi connectivity index (χ0n) is 16.8. The number of fused-ring (bicyclic) bond motifs is 1. The maximum Gasteiger partial charge on any atom is 0.331 e. The van der Waals surface area contributed by atoms with E-state index in [9.17, 15) is 18.0 Å². The van der Waals surface area contributed by atoms with Crippen LogP contribution in [0.15, 0.2) is 34.2 Å². The number of hydrogen-bond acceptors (Lipinski definition) is 6. The lowest BCUT2D eigenvalue weighted by Gasteiger charge is -2.24. The van der Waals surface area contributed by atoms with Gasteiger partial charge >= 0.3 is 5.97 Å². The molecule has 0 aromatic heterocycles. The fourth-order valence-corrected chi connectivity index (χ4v) is 3.81. The number of hydrogen-bond donors (Lipinski definition) is 2. The van der Waals surface area contributed by atoms with E-state index in [2.05, 4.69) is 15.0 Å². The van der Waals surface area contributed by atoms with Crippen LogP contribution in [0.25, 0.3) is 0 Å². The first kappa shape index (κ1) is 21.9. The van der Waals surface area contributed by atoms with E-state index in [-0.39, 0.29) is 16.6 Å². The Morgan fingerprint density at radius 3 is 2.50 bits per heavy atom. The third-order valence-electron chi connectivity index (χ3n) is 4.51. The van der Waals surface area contributed by atoms with Gasteiger partial charge in [-0.3, -0.25) is 14.5 Å². The van der Waals surface area contributed by atoms with Crippen molar-refractivity contribution in [2.45, 2.75) is 57.5 Å². The smallest absolute Gasteiger partial charge is 0.331 e. The number of esters is 1. The third kappa shape index (κ3) is 5.09. The number of amidine groups is 1. The third-order valence-corrected chi connectivity index (χ3v) is 5.91. The normalized spacial score (nSPS) is 17.7. The second kappa shape index (κ2) is 8.30. The summed E-state index contributed by atoms with van der Waals surface area (Å²) in [6.45, 7) is 8.81. The number of sulfonamides is 1. The summed E-state index contributed by atoms with van der Waals surface area (Å²) >= 11 is 0. The van der Waals surface area contributed by atoms with Crippen molar-refractivity contribution in [3.05, 3.63) is 29.8 Å². The molecule has 0 bridgehead atoms. The minimum Gasteiger partial charge on any atom is -0.454 e. The molecule has 1 atom stereocenters. The molecule has 0 saturated heterocycles. The van der Waals surface area contributed by atoms with Crippen LogP contribution in [-0.2, 0) is 24.3 Å². The molecule has 154 valence electrons. The number of nitrogens with zero attached hydrogens (tertiary/aromatic N) is 1. The fourth-order valence-electron chi connectivity index (χ4n) is 2.57. The van der Waals surface area contributed by atoms with E-state index in [4.69, 9.17) is 4.74 Å². The summed E-state index contributed by atoms with van der Waals surface area (Å²) in [6, 6.07) is 5.46. The van der Waals surface area contributed by atoms with Crippen molar-refractivity contribution in [3.63, 3.8) is 0 Å². The van der Waals surface area contributed by atoms with Crippen molar-refractivity contribution in [1.29, 1.82) is 0 Å². The Morgan fingerprint density at radius 1 is 1.25 bits per heavy atom. The number of nitrogens with one attached hydrogen (secondary N) is 2. The van der Waals surface area contributed by atoms with Crippen molar-refractivity contribution in [2.75, 3.05) is 6.61 Å². The number of carbonyl (C=O) groups is 2. The molecule has 0 aliphatic carbocycles. The largest absolute Gasteiger partial charge is 0.454 e. The lowest BCUT2D eigenvalue weighted by molar-refractivity contribution is -0.151. The van der Waals surface area contributed by atoms with Crippen LogP contribution in [0.4, 0.5) is 0 Å². The van der Waals surface area contributed by atoms with Gasteiger partial charge < -0.3 is 10.1 Å². The minimum absolute atomic E-state index is 0.0998. The average molecular weight is 410 g/mol. The molecule has 0 fully saturated rings. The number of amides is 1. The van der Waals surface area contributed by atoms with E-state index in [0.717, 1.165) is 6.42 Å². The molecule has 0 spiro atoms. The number of ether oxygens (including phenoxy) is 1. The van der Waals surface area contributed by atoms with E-state index in [0.29, 0.717) is 5.56 Å². The van der Waals surface area contributed by atoms with Gasteiger partial charge in [-0.15, -0.1) is 0 Å². The summed E-state index contributed by atoms with van der Waals surface area (Å²) in [5, 5.41) is 2.78. The van der Waals surface area contributed by atoms with Gasteiger partial charge in [-0.05, 0) is 38.3 Å². The van der Waals surface area contributed by atoms with Crippen LogP contribution in [0.5, 0.6) is 0 Å². The molecule has 28 heavy (non-hydrogen) atoms. The molecule has 0 unspecified atom stereocenters. The van der Waals surface area contributed by atoms with Gasteiger partial charge in [-0.2, -0.15) is 0 Å². The fraction of sp³-hybridized carbons (Fsp3) is 0.526. The highest BCUT2D eigenvalue weighted by atomic mass is 32.2. The molecule has 1 aromatic rings. The number of benzene rings is 1. The van der Waals surface area contributed by atoms with Crippen LogP contribution in [0.1, 0.15) is 46.6 Å². The van der Waals surface area contributed by atoms with Crippen molar-refractivity contribution in [2.24, 2.45) is 10.9 Å². The Kier molecular flexibility index (Phi) is 6.48. The average Bonchev–Trinajstić information content (AvgIpc) is 2.88. The first-order valence-corrected chi connectivity index (χ1v) is 10.6. The maximum atomic E-state index is 12.5. The van der Waals surface area contributed by atoms with Gasteiger partial charge in [0, 0.05) is 11.1 Å². The lowest BCUT2D eigenvalue weighted by atomic mass is 10.0. The van der Waals surface area contributed by atoms with Gasteiger partial charge in [0.25, 0.3) is 15.9 Å². The summed E-state index contributed by atoms with van der Waals surface area (Å²) in [5.41, 5.74) is 0.0101. The molecule has 2 rings (SSSR count). The number of aliphatic imine (C=N–C) groups is 1. The Morgan fingerprint density at radius 2 is 1.89 bits per heavy atom. The van der Waals surface area contributed by atoms with Crippen LogP contribution < -0.4 is 10.0 Å². The Labute approximate surface area is 165 Å². The molecule has 9 heteroatoms. The summed E-state index contributed by atoms with van der Waals surface area (Å²) < 4.78 is 31.9. The van der Waals surface area contributed by atoms with Crippen LogP contribution in [0.2, 0.25) is 0 Å². The highest BCUT2D eigenvalue weighted by molar-refractivity contribution is 7.90. The van der Waals surface area contributed by atoms with Gasteiger partial charge in [0.1, 0.15) is 5.84 Å². The summed E-state index contributed by atoms with van der Waals surface area (Å²) in [4.78, 5) is 28.9. The Bertz CT molecular complexity index is 891. The lowest BCUT2D eigenvalue weighted by Crippen LogP contribution is -2.45. The zero-order chi connectivity index (χ0) is 21.1. The van der Waals surface area contributed by atoms with Gasteiger partial charge in [-0.25, -0.2) is 13.2 Å². The van der Waals surface area contributed by atoms with Gasteiger partial charge in [0.15, 0.2) is 12.6 Å². The van der Waals surface area contributed by atoms with Crippen LogP contribution in [0.3, 0.4) is 0 Å². The highest BCUT2D eigenvalue weighted by Crippen LogP contribution is 2.23. The van der Waals surface area contributed by atoms with Crippen LogP contribution in [-0.4, -0.2) is 44.3 Å². The first-order valence-electron chi connectivity index (χ1n) is 9.14. The molecule has 1 aliphatic rings. The molecular formula is C19H27N3O5S. The maximum absolute atomic E-state index is 12.5. The summed E-state index contributed by atoms with van der Waals surface area (Å²) in [6.07, 6.45) is 0.731. The topological polar surface area (TPSA) is 114 Å². The molecule has 8 nitrogen and oxygen atoms in total. The molecule has 1 aliphatic heterocycles. The van der Waals surface area contributed by atoms with Crippen LogP contribution >= 0.6 is 0 Å². The Hall–Kier alpha value is -2.42. The van der Waals surface area contributed by atoms with Crippen molar-refractivity contribution in [1.82, 2.24) is 10.0 Å². The van der Waals surface area contributed by atoms with E-state index in [1.165, 1.54) is 6.07 Å².